The van der Waals surface area contributed by atoms with Crippen LogP contribution < -0.4 is 0 Å². The van der Waals surface area contributed by atoms with Crippen molar-refractivity contribution in [1.82, 2.24) is 9.13 Å². The Balaban J connectivity index is 1.52. The van der Waals surface area contributed by atoms with Gasteiger partial charge in [0.25, 0.3) is 0 Å². The highest BCUT2D eigenvalue weighted by molar-refractivity contribution is 6.12. The average molecular weight is 611 g/mol. The van der Waals surface area contributed by atoms with E-state index in [1.807, 2.05) is 36.4 Å². The number of nitriles is 2. The highest BCUT2D eigenvalue weighted by atomic mass is 15.0. The number of hydrogen-bond donors (Lipinski definition) is 0. The van der Waals surface area contributed by atoms with Crippen LogP contribution >= 0.6 is 0 Å². The van der Waals surface area contributed by atoms with Crippen molar-refractivity contribution >= 4 is 43.6 Å². The maximum Gasteiger partial charge on any atom is 0.0991 e. The van der Waals surface area contributed by atoms with Crippen LogP contribution in [0.4, 0.5) is 0 Å². The molecular formula is C44H26N4. The quantitative estimate of drug-likeness (QED) is 0.199. The second kappa shape index (κ2) is 10.9. The van der Waals surface area contributed by atoms with Crippen molar-refractivity contribution in [3.63, 3.8) is 0 Å². The van der Waals surface area contributed by atoms with Crippen LogP contribution in [0, 0.1) is 22.7 Å². The normalized spacial score (nSPS) is 11.3. The zero-order valence-electron chi connectivity index (χ0n) is 25.8. The molecule has 0 saturated heterocycles. The standard InChI is InChI=1S/C44H26N4/c45-27-29-11-9-13-31(25-29)43-41(47-37-19-5-1-15-33(37)34-16-2-6-20-38(34)47)23-24-42(44(43)32-14-10-12-30(26-32)28-46)48-39-21-7-3-17-35(39)36-18-4-8-22-40(36)48/h1-26H. The lowest BCUT2D eigenvalue weighted by Crippen LogP contribution is -2.05. The van der Waals surface area contributed by atoms with Crippen LogP contribution in [0.15, 0.2) is 158 Å². The molecular weight excluding hydrogens is 585 g/mol. The summed E-state index contributed by atoms with van der Waals surface area (Å²) in [5.41, 5.74) is 11.3. The van der Waals surface area contributed by atoms with Crippen LogP contribution in [0.1, 0.15) is 11.1 Å². The van der Waals surface area contributed by atoms with E-state index in [1.165, 1.54) is 21.5 Å². The van der Waals surface area contributed by atoms with Crippen LogP contribution in [0.25, 0.3) is 77.2 Å². The van der Waals surface area contributed by atoms with Crippen molar-refractivity contribution in [2.45, 2.75) is 0 Å². The predicted octanol–water partition coefficient (Wildman–Crippen LogP) is 11.0. The van der Waals surface area contributed by atoms with Crippen LogP contribution in [-0.2, 0) is 0 Å². The first-order chi connectivity index (χ1) is 23.7. The first kappa shape index (κ1) is 27.4. The number of rotatable bonds is 4. The van der Waals surface area contributed by atoms with Gasteiger partial charge in [0, 0.05) is 32.7 Å². The molecule has 48 heavy (non-hydrogen) atoms. The van der Waals surface area contributed by atoms with Gasteiger partial charge >= 0.3 is 0 Å². The Hall–Kier alpha value is -6.88. The summed E-state index contributed by atoms with van der Waals surface area (Å²) in [6.07, 6.45) is 0. The molecule has 0 aliphatic carbocycles. The highest BCUT2D eigenvalue weighted by Gasteiger charge is 2.24. The lowest BCUT2D eigenvalue weighted by molar-refractivity contribution is 1.15. The van der Waals surface area contributed by atoms with Gasteiger partial charge in [0.1, 0.15) is 0 Å². The van der Waals surface area contributed by atoms with Gasteiger partial charge in [-0.05, 0) is 71.8 Å². The van der Waals surface area contributed by atoms with E-state index in [2.05, 4.69) is 143 Å². The number of hydrogen-bond acceptors (Lipinski definition) is 2. The van der Waals surface area contributed by atoms with Gasteiger partial charge in [0.15, 0.2) is 0 Å². The largest absolute Gasteiger partial charge is 0.309 e. The fourth-order valence-electron chi connectivity index (χ4n) is 7.39. The fraction of sp³-hybridized carbons (Fsp3) is 0. The van der Waals surface area contributed by atoms with Gasteiger partial charge in [-0.15, -0.1) is 0 Å². The number of aromatic nitrogens is 2. The summed E-state index contributed by atoms with van der Waals surface area (Å²) in [4.78, 5) is 0. The summed E-state index contributed by atoms with van der Waals surface area (Å²) in [7, 11) is 0. The Kier molecular flexibility index (Phi) is 6.22. The molecule has 0 aliphatic heterocycles. The second-order valence-electron chi connectivity index (χ2n) is 12.0. The molecule has 0 fully saturated rings. The number of fused-ring (bicyclic) bond motifs is 6. The van der Waals surface area contributed by atoms with E-state index < -0.39 is 0 Å². The summed E-state index contributed by atoms with van der Waals surface area (Å²) in [5, 5.41) is 24.8. The van der Waals surface area contributed by atoms with E-state index in [4.69, 9.17) is 0 Å². The van der Waals surface area contributed by atoms with Gasteiger partial charge in [0.05, 0.1) is 56.7 Å². The van der Waals surface area contributed by atoms with Gasteiger partial charge < -0.3 is 9.13 Å². The molecule has 4 heteroatoms. The summed E-state index contributed by atoms with van der Waals surface area (Å²) in [6, 6.07) is 58.9. The summed E-state index contributed by atoms with van der Waals surface area (Å²) in [6.45, 7) is 0. The Bertz CT molecular complexity index is 2520. The first-order valence-corrected chi connectivity index (χ1v) is 15.9. The Morgan fingerprint density at radius 3 is 1.02 bits per heavy atom. The third-order valence-corrected chi connectivity index (χ3v) is 9.36. The van der Waals surface area contributed by atoms with Crippen LogP contribution in [0.2, 0.25) is 0 Å². The zero-order chi connectivity index (χ0) is 32.2. The van der Waals surface area contributed by atoms with Gasteiger partial charge in [-0.3, -0.25) is 0 Å². The van der Waals surface area contributed by atoms with E-state index >= 15 is 0 Å². The smallest absolute Gasteiger partial charge is 0.0991 e. The molecule has 0 radical (unpaired) electrons. The van der Waals surface area contributed by atoms with Gasteiger partial charge in [0.2, 0.25) is 0 Å². The maximum absolute atomic E-state index is 10.0. The minimum Gasteiger partial charge on any atom is -0.309 e. The van der Waals surface area contributed by atoms with E-state index in [1.54, 1.807) is 0 Å². The molecule has 2 aromatic heterocycles. The molecule has 0 amide bonds. The summed E-state index contributed by atoms with van der Waals surface area (Å²) >= 11 is 0. The molecule has 0 bridgehead atoms. The molecule has 9 aromatic rings. The monoisotopic (exact) mass is 610 g/mol. The Morgan fingerprint density at radius 2 is 0.688 bits per heavy atom. The van der Waals surface area contributed by atoms with E-state index in [9.17, 15) is 10.5 Å². The molecule has 2 heterocycles. The van der Waals surface area contributed by atoms with Crippen LogP contribution in [0.3, 0.4) is 0 Å². The maximum atomic E-state index is 10.0. The molecule has 0 N–H and O–H groups in total. The lowest BCUT2D eigenvalue weighted by Gasteiger charge is -2.23. The minimum absolute atomic E-state index is 0.583. The van der Waals surface area contributed by atoms with Crippen molar-refractivity contribution in [1.29, 1.82) is 10.5 Å². The Labute approximate surface area is 277 Å². The van der Waals surface area contributed by atoms with Crippen molar-refractivity contribution in [3.05, 3.63) is 169 Å². The van der Waals surface area contributed by atoms with Gasteiger partial charge in [-0.2, -0.15) is 10.5 Å². The van der Waals surface area contributed by atoms with Crippen molar-refractivity contribution in [2.24, 2.45) is 0 Å². The lowest BCUT2D eigenvalue weighted by atomic mass is 9.89. The Morgan fingerprint density at radius 1 is 0.354 bits per heavy atom. The van der Waals surface area contributed by atoms with Crippen molar-refractivity contribution < 1.29 is 0 Å². The van der Waals surface area contributed by atoms with Crippen LogP contribution in [0.5, 0.6) is 0 Å². The SMILES string of the molecule is N#Cc1cccc(-c2c(-n3c4ccccc4c4ccccc43)ccc(-n3c4ccccc4c4ccccc43)c2-c2cccc(C#N)c2)c1. The number of benzene rings is 7. The highest BCUT2D eigenvalue weighted by Crippen LogP contribution is 2.46. The summed E-state index contributed by atoms with van der Waals surface area (Å²) in [5.74, 6) is 0. The summed E-state index contributed by atoms with van der Waals surface area (Å²) < 4.78 is 4.68. The van der Waals surface area contributed by atoms with E-state index in [0.717, 1.165) is 55.7 Å². The molecule has 9 rings (SSSR count). The average Bonchev–Trinajstić information content (AvgIpc) is 3.67. The molecule has 4 nitrogen and oxygen atoms in total. The predicted molar refractivity (Wildman–Crippen MR) is 195 cm³/mol. The minimum atomic E-state index is 0.583. The van der Waals surface area contributed by atoms with Crippen molar-refractivity contribution in [3.8, 4) is 45.8 Å². The van der Waals surface area contributed by atoms with Crippen molar-refractivity contribution in [2.75, 3.05) is 0 Å². The fourth-order valence-corrected chi connectivity index (χ4v) is 7.39. The van der Waals surface area contributed by atoms with Gasteiger partial charge in [-0.25, -0.2) is 0 Å². The molecule has 7 aromatic carbocycles. The molecule has 0 spiro atoms. The van der Waals surface area contributed by atoms with Crippen LogP contribution in [-0.4, -0.2) is 9.13 Å². The second-order valence-corrected chi connectivity index (χ2v) is 12.0. The third kappa shape index (κ3) is 4.07. The number of nitrogens with zero attached hydrogens (tertiary/aromatic N) is 4. The number of para-hydroxylation sites is 4. The molecule has 0 aliphatic rings. The molecule has 0 unspecified atom stereocenters. The van der Waals surface area contributed by atoms with Gasteiger partial charge in [-0.1, -0.05) is 97.1 Å². The first-order valence-electron chi connectivity index (χ1n) is 15.9. The molecule has 0 saturated carbocycles. The third-order valence-electron chi connectivity index (χ3n) is 9.36. The topological polar surface area (TPSA) is 57.4 Å². The zero-order valence-corrected chi connectivity index (χ0v) is 25.8. The van der Waals surface area contributed by atoms with E-state index in [0.29, 0.717) is 11.1 Å². The molecule has 222 valence electrons. The molecule has 0 atom stereocenters. The van der Waals surface area contributed by atoms with E-state index in [-0.39, 0.29) is 0 Å².